The maximum absolute atomic E-state index is 4.45. The third kappa shape index (κ3) is 1.62. The predicted molar refractivity (Wildman–Crippen MR) is 70.7 cm³/mol. The Morgan fingerprint density at radius 2 is 2.06 bits per heavy atom. The summed E-state index contributed by atoms with van der Waals surface area (Å²) in [5.74, 6) is 1.08. The molecule has 2 heterocycles. The summed E-state index contributed by atoms with van der Waals surface area (Å²) in [5, 5.41) is 4.87. The zero-order chi connectivity index (χ0) is 11.2. The Kier molecular flexibility index (Phi) is 2.12. The lowest BCUT2D eigenvalue weighted by Crippen LogP contribution is -2.05. The number of nitrogens with zero attached hydrogens (tertiary/aromatic N) is 2. The van der Waals surface area contributed by atoms with Crippen molar-refractivity contribution >= 4 is 27.4 Å². The molecule has 0 amide bonds. The minimum Gasteiger partial charge on any atom is -0.367 e. The number of rotatable bonds is 2. The van der Waals surface area contributed by atoms with E-state index in [1.54, 1.807) is 11.2 Å². The quantitative estimate of drug-likeness (QED) is 0.883. The highest BCUT2D eigenvalue weighted by molar-refractivity contribution is 7.19. The van der Waals surface area contributed by atoms with E-state index >= 15 is 0 Å². The van der Waals surface area contributed by atoms with Crippen LogP contribution in [0.5, 0.6) is 0 Å². The molecule has 17 heavy (non-hydrogen) atoms. The molecule has 0 radical (unpaired) electrons. The number of anilines is 1. The van der Waals surface area contributed by atoms with Crippen molar-refractivity contribution in [3.05, 3.63) is 16.8 Å². The van der Waals surface area contributed by atoms with E-state index in [1.165, 1.54) is 54.3 Å². The zero-order valence-corrected chi connectivity index (χ0v) is 10.5. The van der Waals surface area contributed by atoms with Gasteiger partial charge in [0.15, 0.2) is 0 Å². The molecule has 1 N–H and O–H groups in total. The number of hydrogen-bond acceptors (Lipinski definition) is 4. The second kappa shape index (κ2) is 3.67. The van der Waals surface area contributed by atoms with Gasteiger partial charge >= 0.3 is 0 Å². The van der Waals surface area contributed by atoms with Crippen molar-refractivity contribution in [3.8, 4) is 0 Å². The van der Waals surface area contributed by atoms with E-state index in [2.05, 4.69) is 15.3 Å². The lowest BCUT2D eigenvalue weighted by molar-refractivity contribution is 0.700. The third-order valence-corrected chi connectivity index (χ3v) is 4.87. The van der Waals surface area contributed by atoms with Gasteiger partial charge in [-0.25, -0.2) is 9.97 Å². The normalized spacial score (nSPS) is 19.3. The Balaban J connectivity index is 1.90. The van der Waals surface area contributed by atoms with Crippen LogP contribution >= 0.6 is 11.3 Å². The van der Waals surface area contributed by atoms with Crippen LogP contribution in [0.25, 0.3) is 10.2 Å². The average molecular weight is 245 g/mol. The highest BCUT2D eigenvalue weighted by Gasteiger charge is 2.25. The molecule has 3 nitrogen and oxygen atoms in total. The van der Waals surface area contributed by atoms with Gasteiger partial charge in [0, 0.05) is 10.9 Å². The molecule has 88 valence electrons. The standard InChI is InChI=1S/C13H15N3S/c1-2-4-10-9(3-1)11-12(16-8-5-6-8)14-7-15-13(11)17-10/h7-8H,1-6H2,(H,14,15,16). The first-order valence-corrected chi connectivity index (χ1v) is 7.25. The summed E-state index contributed by atoms with van der Waals surface area (Å²) in [6, 6.07) is 0.659. The molecule has 1 fully saturated rings. The van der Waals surface area contributed by atoms with Crippen molar-refractivity contribution in [1.82, 2.24) is 9.97 Å². The lowest BCUT2D eigenvalue weighted by Gasteiger charge is -2.12. The summed E-state index contributed by atoms with van der Waals surface area (Å²) >= 11 is 1.87. The van der Waals surface area contributed by atoms with Gasteiger partial charge in [0.25, 0.3) is 0 Å². The summed E-state index contributed by atoms with van der Waals surface area (Å²) in [5.41, 5.74) is 1.53. The first-order chi connectivity index (χ1) is 8.42. The molecular weight excluding hydrogens is 230 g/mol. The molecule has 0 spiro atoms. The Labute approximate surface area is 104 Å². The Hall–Kier alpha value is -1.16. The topological polar surface area (TPSA) is 37.8 Å². The van der Waals surface area contributed by atoms with E-state index < -0.39 is 0 Å². The van der Waals surface area contributed by atoms with Crippen LogP contribution in [0.15, 0.2) is 6.33 Å². The van der Waals surface area contributed by atoms with E-state index in [-0.39, 0.29) is 0 Å². The van der Waals surface area contributed by atoms with E-state index in [0.717, 1.165) is 5.82 Å². The molecule has 4 rings (SSSR count). The van der Waals surface area contributed by atoms with Crippen LogP contribution in [0.3, 0.4) is 0 Å². The number of aromatic nitrogens is 2. The minimum absolute atomic E-state index is 0.659. The summed E-state index contributed by atoms with van der Waals surface area (Å²) < 4.78 is 0. The fraction of sp³-hybridized carbons (Fsp3) is 0.538. The molecule has 0 unspecified atom stereocenters. The van der Waals surface area contributed by atoms with Gasteiger partial charge in [0.1, 0.15) is 17.0 Å². The smallest absolute Gasteiger partial charge is 0.138 e. The Morgan fingerprint density at radius 3 is 2.94 bits per heavy atom. The molecule has 0 saturated heterocycles. The van der Waals surface area contributed by atoms with Gasteiger partial charge in [-0.1, -0.05) is 0 Å². The fourth-order valence-corrected chi connectivity index (χ4v) is 3.85. The van der Waals surface area contributed by atoms with Gasteiger partial charge in [0.2, 0.25) is 0 Å². The van der Waals surface area contributed by atoms with Gasteiger partial charge in [0.05, 0.1) is 5.39 Å². The zero-order valence-electron chi connectivity index (χ0n) is 9.70. The first-order valence-electron chi connectivity index (χ1n) is 6.43. The van der Waals surface area contributed by atoms with Crippen molar-refractivity contribution < 1.29 is 0 Å². The predicted octanol–water partition coefficient (Wildman–Crippen LogP) is 3.14. The lowest BCUT2D eigenvalue weighted by atomic mass is 9.97. The van der Waals surface area contributed by atoms with Gasteiger partial charge < -0.3 is 5.32 Å². The molecule has 2 aliphatic rings. The molecule has 0 aromatic carbocycles. The Bertz CT molecular complexity index is 571. The SMILES string of the molecule is c1nc(NC2CC2)c2c3c(sc2n1)CCCC3. The molecular formula is C13H15N3S. The van der Waals surface area contributed by atoms with E-state index in [1.807, 2.05) is 11.3 Å². The largest absolute Gasteiger partial charge is 0.367 e. The van der Waals surface area contributed by atoms with E-state index in [0.29, 0.717) is 6.04 Å². The highest BCUT2D eigenvalue weighted by atomic mass is 32.1. The number of nitrogens with one attached hydrogen (secondary N) is 1. The van der Waals surface area contributed by atoms with Gasteiger partial charge in [-0.2, -0.15) is 0 Å². The molecule has 1 saturated carbocycles. The molecule has 4 heteroatoms. The summed E-state index contributed by atoms with van der Waals surface area (Å²) in [4.78, 5) is 11.6. The molecule has 2 aliphatic carbocycles. The molecule has 2 aromatic rings. The molecule has 0 atom stereocenters. The minimum atomic E-state index is 0.659. The van der Waals surface area contributed by atoms with Gasteiger partial charge in [-0.3, -0.25) is 0 Å². The average Bonchev–Trinajstić information content (AvgIpc) is 3.08. The second-order valence-corrected chi connectivity index (χ2v) is 6.12. The number of aryl methyl sites for hydroxylation is 2. The molecule has 0 bridgehead atoms. The van der Waals surface area contributed by atoms with Crippen LogP contribution in [0.4, 0.5) is 5.82 Å². The summed E-state index contributed by atoms with van der Waals surface area (Å²) in [7, 11) is 0. The van der Waals surface area contributed by atoms with Crippen molar-refractivity contribution in [2.45, 2.75) is 44.6 Å². The van der Waals surface area contributed by atoms with Crippen molar-refractivity contribution in [2.75, 3.05) is 5.32 Å². The van der Waals surface area contributed by atoms with Crippen LogP contribution in [0.2, 0.25) is 0 Å². The van der Waals surface area contributed by atoms with Gasteiger partial charge in [-0.15, -0.1) is 11.3 Å². The van der Waals surface area contributed by atoms with Gasteiger partial charge in [-0.05, 0) is 44.1 Å². The Morgan fingerprint density at radius 1 is 1.18 bits per heavy atom. The maximum atomic E-state index is 4.45. The number of fused-ring (bicyclic) bond motifs is 3. The van der Waals surface area contributed by atoms with Crippen molar-refractivity contribution in [1.29, 1.82) is 0 Å². The van der Waals surface area contributed by atoms with E-state index in [4.69, 9.17) is 0 Å². The molecule has 2 aromatic heterocycles. The third-order valence-electron chi connectivity index (χ3n) is 3.67. The van der Waals surface area contributed by atoms with Crippen molar-refractivity contribution in [3.63, 3.8) is 0 Å². The van der Waals surface area contributed by atoms with Crippen LogP contribution < -0.4 is 5.32 Å². The van der Waals surface area contributed by atoms with Crippen LogP contribution in [0, 0.1) is 0 Å². The summed E-state index contributed by atoms with van der Waals surface area (Å²) in [6.45, 7) is 0. The monoisotopic (exact) mass is 245 g/mol. The van der Waals surface area contributed by atoms with Crippen LogP contribution in [0.1, 0.15) is 36.1 Å². The van der Waals surface area contributed by atoms with E-state index in [9.17, 15) is 0 Å². The first kappa shape index (κ1) is 9.83. The number of hydrogen-bond donors (Lipinski definition) is 1. The van der Waals surface area contributed by atoms with Crippen LogP contribution in [-0.2, 0) is 12.8 Å². The van der Waals surface area contributed by atoms with Crippen LogP contribution in [-0.4, -0.2) is 16.0 Å². The molecule has 0 aliphatic heterocycles. The maximum Gasteiger partial charge on any atom is 0.138 e. The summed E-state index contributed by atoms with van der Waals surface area (Å²) in [6.07, 6.45) is 9.38. The fourth-order valence-electron chi connectivity index (χ4n) is 2.62. The highest BCUT2D eigenvalue weighted by Crippen LogP contribution is 2.39. The second-order valence-electron chi connectivity index (χ2n) is 5.03. The van der Waals surface area contributed by atoms with Crippen molar-refractivity contribution in [2.24, 2.45) is 0 Å². The number of thiophene rings is 1.